The molecule has 0 saturated carbocycles. The number of aromatic nitrogens is 3. The number of nitrogens with one attached hydrogen (secondary N) is 1. The van der Waals surface area contributed by atoms with E-state index in [1.54, 1.807) is 0 Å². The van der Waals surface area contributed by atoms with Gasteiger partial charge in [-0.15, -0.1) is 10.2 Å². The van der Waals surface area contributed by atoms with Crippen LogP contribution in [0.3, 0.4) is 0 Å². The first-order valence-electron chi connectivity index (χ1n) is 10.3. The molecule has 3 rings (SSSR count). The monoisotopic (exact) mass is 440 g/mol. The van der Waals surface area contributed by atoms with Crippen LogP contribution in [-0.4, -0.2) is 33.0 Å². The van der Waals surface area contributed by atoms with Crippen molar-refractivity contribution in [2.75, 3.05) is 17.7 Å². The van der Waals surface area contributed by atoms with Crippen molar-refractivity contribution in [1.82, 2.24) is 14.8 Å². The van der Waals surface area contributed by atoms with Crippen molar-refractivity contribution in [2.45, 2.75) is 46.0 Å². The van der Waals surface area contributed by atoms with Gasteiger partial charge in [0, 0.05) is 6.54 Å². The van der Waals surface area contributed by atoms with Crippen LogP contribution in [0.25, 0.3) is 0 Å². The highest BCUT2D eigenvalue weighted by Crippen LogP contribution is 2.25. The number of nitrogens with zero attached hydrogens (tertiary/aromatic N) is 3. The molecule has 0 fully saturated rings. The number of ether oxygens (including phenoxy) is 2. The van der Waals surface area contributed by atoms with Crippen molar-refractivity contribution < 1.29 is 14.3 Å². The van der Waals surface area contributed by atoms with Crippen molar-refractivity contribution >= 4 is 23.4 Å². The summed E-state index contributed by atoms with van der Waals surface area (Å²) >= 11 is 1.35. The number of para-hydroxylation sites is 2. The van der Waals surface area contributed by atoms with Crippen LogP contribution in [0.2, 0.25) is 0 Å². The van der Waals surface area contributed by atoms with Gasteiger partial charge in [0.15, 0.2) is 11.0 Å². The molecule has 0 aliphatic rings. The average Bonchev–Trinajstić information content (AvgIpc) is 3.15. The van der Waals surface area contributed by atoms with Crippen molar-refractivity contribution in [3.05, 3.63) is 59.4 Å². The number of benzene rings is 2. The first-order valence-corrected chi connectivity index (χ1v) is 11.3. The maximum Gasteiger partial charge on any atom is 0.234 e. The van der Waals surface area contributed by atoms with Crippen LogP contribution in [0.5, 0.6) is 11.5 Å². The summed E-state index contributed by atoms with van der Waals surface area (Å²) in [5, 5.41) is 12.1. The van der Waals surface area contributed by atoms with Crippen LogP contribution in [0.4, 0.5) is 5.69 Å². The Morgan fingerprint density at radius 2 is 1.87 bits per heavy atom. The van der Waals surface area contributed by atoms with Crippen molar-refractivity contribution in [1.29, 1.82) is 0 Å². The van der Waals surface area contributed by atoms with Crippen molar-refractivity contribution in [3.63, 3.8) is 0 Å². The van der Waals surface area contributed by atoms with Gasteiger partial charge in [-0.1, -0.05) is 41.6 Å². The van der Waals surface area contributed by atoms with E-state index in [0.717, 1.165) is 17.1 Å². The zero-order chi connectivity index (χ0) is 22.2. The van der Waals surface area contributed by atoms with E-state index in [4.69, 9.17) is 9.47 Å². The maximum atomic E-state index is 12.5. The highest BCUT2D eigenvalue weighted by Gasteiger charge is 2.15. The molecule has 1 heterocycles. The largest absolute Gasteiger partial charge is 0.492 e. The highest BCUT2D eigenvalue weighted by atomic mass is 32.2. The Bertz CT molecular complexity index is 1040. The quantitative estimate of drug-likeness (QED) is 0.464. The molecule has 8 heteroatoms. The maximum absolute atomic E-state index is 12.5. The summed E-state index contributed by atoms with van der Waals surface area (Å²) in [5.41, 5.74) is 2.94. The number of hydrogen-bond donors (Lipinski definition) is 1. The fraction of sp³-hybridized carbons (Fsp3) is 0.348. The zero-order valence-corrected chi connectivity index (χ0v) is 19.2. The molecule has 0 aliphatic carbocycles. The Labute approximate surface area is 187 Å². The molecule has 31 heavy (non-hydrogen) atoms. The van der Waals surface area contributed by atoms with E-state index in [1.807, 2.05) is 61.7 Å². The topological polar surface area (TPSA) is 78.3 Å². The lowest BCUT2D eigenvalue weighted by Crippen LogP contribution is -2.15. The summed E-state index contributed by atoms with van der Waals surface area (Å²) < 4.78 is 13.5. The lowest BCUT2D eigenvalue weighted by Gasteiger charge is -2.12. The van der Waals surface area contributed by atoms with Gasteiger partial charge in [0.1, 0.15) is 18.1 Å². The number of carbonyl (C=O) groups excluding carboxylic acids is 1. The predicted octanol–water partition coefficient (Wildman–Crippen LogP) is 4.62. The van der Waals surface area contributed by atoms with Crippen molar-refractivity contribution in [2.24, 2.45) is 0 Å². The Morgan fingerprint density at radius 1 is 1.06 bits per heavy atom. The van der Waals surface area contributed by atoms with E-state index < -0.39 is 0 Å². The summed E-state index contributed by atoms with van der Waals surface area (Å²) in [4.78, 5) is 12.5. The lowest BCUT2D eigenvalue weighted by molar-refractivity contribution is -0.113. The van der Waals surface area contributed by atoms with Crippen molar-refractivity contribution in [3.8, 4) is 11.5 Å². The molecule has 3 aromatic rings. The molecule has 0 atom stereocenters. The lowest BCUT2D eigenvalue weighted by atomic mass is 10.1. The van der Waals surface area contributed by atoms with E-state index in [2.05, 4.69) is 28.5 Å². The van der Waals surface area contributed by atoms with Crippen LogP contribution >= 0.6 is 11.8 Å². The molecular weight excluding hydrogens is 412 g/mol. The Kier molecular flexibility index (Phi) is 7.94. The number of carbonyl (C=O) groups is 1. The minimum atomic E-state index is -0.129. The Morgan fingerprint density at radius 3 is 2.61 bits per heavy atom. The highest BCUT2D eigenvalue weighted by molar-refractivity contribution is 7.99. The van der Waals surface area contributed by atoms with E-state index in [9.17, 15) is 4.79 Å². The normalized spacial score (nSPS) is 10.7. The number of amides is 1. The fourth-order valence-electron chi connectivity index (χ4n) is 3.12. The van der Waals surface area contributed by atoms with Gasteiger partial charge in [-0.2, -0.15) is 0 Å². The number of rotatable bonds is 10. The number of anilines is 1. The summed E-state index contributed by atoms with van der Waals surface area (Å²) in [6.45, 7) is 9.55. The smallest absolute Gasteiger partial charge is 0.234 e. The van der Waals surface area contributed by atoms with Gasteiger partial charge in [0.2, 0.25) is 5.91 Å². The third-order valence-corrected chi connectivity index (χ3v) is 5.56. The predicted molar refractivity (Wildman–Crippen MR) is 123 cm³/mol. The molecule has 1 aromatic heterocycles. The zero-order valence-electron chi connectivity index (χ0n) is 18.3. The standard InChI is InChI=1S/C23H28N4O3S/c1-5-27-21(14-30-19-12-11-16(3)13-17(19)4)25-26-23(27)31-15-22(28)24-18-9-7-8-10-20(18)29-6-2/h7-13H,5-6,14-15H2,1-4H3,(H,24,28). The SMILES string of the molecule is CCOc1ccccc1NC(=O)CSc1nnc(COc2ccc(C)cc2C)n1CC. The molecule has 0 saturated heterocycles. The molecule has 2 aromatic carbocycles. The second-order valence-electron chi connectivity index (χ2n) is 6.97. The van der Waals surface area contributed by atoms with Crippen LogP contribution in [0, 0.1) is 13.8 Å². The Balaban J connectivity index is 1.60. The van der Waals surface area contributed by atoms with Crippen LogP contribution in [0.1, 0.15) is 30.8 Å². The van der Waals surface area contributed by atoms with Gasteiger partial charge in [0.05, 0.1) is 18.0 Å². The van der Waals surface area contributed by atoms with Gasteiger partial charge in [-0.05, 0) is 51.5 Å². The van der Waals surface area contributed by atoms with E-state index in [1.165, 1.54) is 17.3 Å². The van der Waals surface area contributed by atoms with E-state index >= 15 is 0 Å². The fourth-order valence-corrected chi connectivity index (χ4v) is 3.94. The Hall–Kier alpha value is -3.00. The molecule has 7 nitrogen and oxygen atoms in total. The number of hydrogen-bond acceptors (Lipinski definition) is 6. The molecule has 0 aliphatic heterocycles. The van der Waals surface area contributed by atoms with Gasteiger partial charge in [0.25, 0.3) is 0 Å². The van der Waals surface area contributed by atoms with E-state index in [-0.39, 0.29) is 11.7 Å². The molecule has 0 spiro atoms. The average molecular weight is 441 g/mol. The van der Waals surface area contributed by atoms with Gasteiger partial charge >= 0.3 is 0 Å². The molecule has 164 valence electrons. The van der Waals surface area contributed by atoms with Gasteiger partial charge < -0.3 is 19.4 Å². The molecular formula is C23H28N4O3S. The van der Waals surface area contributed by atoms with Crippen LogP contribution in [-0.2, 0) is 17.9 Å². The summed E-state index contributed by atoms with van der Waals surface area (Å²) in [5.74, 6) is 2.31. The first kappa shape index (κ1) is 22.7. The summed E-state index contributed by atoms with van der Waals surface area (Å²) in [7, 11) is 0. The molecule has 0 unspecified atom stereocenters. The van der Waals surface area contributed by atoms with E-state index in [0.29, 0.717) is 36.4 Å². The number of thioether (sulfide) groups is 1. The van der Waals surface area contributed by atoms with Gasteiger partial charge in [-0.3, -0.25) is 4.79 Å². The third-order valence-electron chi connectivity index (χ3n) is 4.59. The molecule has 0 radical (unpaired) electrons. The number of aryl methyl sites for hydroxylation is 2. The van der Waals surface area contributed by atoms with Crippen LogP contribution < -0.4 is 14.8 Å². The second-order valence-corrected chi connectivity index (χ2v) is 7.91. The molecule has 0 bridgehead atoms. The molecule has 1 amide bonds. The minimum absolute atomic E-state index is 0.129. The van der Waals surface area contributed by atoms with Crippen LogP contribution in [0.15, 0.2) is 47.6 Å². The first-order chi connectivity index (χ1) is 15.0. The molecule has 1 N–H and O–H groups in total. The third kappa shape index (κ3) is 6.01. The minimum Gasteiger partial charge on any atom is -0.492 e. The summed E-state index contributed by atoms with van der Waals surface area (Å²) in [6, 6.07) is 13.5. The second kappa shape index (κ2) is 10.9. The van der Waals surface area contributed by atoms with Gasteiger partial charge in [-0.25, -0.2) is 0 Å². The summed E-state index contributed by atoms with van der Waals surface area (Å²) in [6.07, 6.45) is 0.